The summed E-state index contributed by atoms with van der Waals surface area (Å²) < 4.78 is 0. The predicted octanol–water partition coefficient (Wildman–Crippen LogP) is 3.62. The van der Waals surface area contributed by atoms with Crippen LogP contribution >= 0.6 is 0 Å². The number of unbranched alkanes of at least 4 members (excludes halogenated alkanes) is 1. The Morgan fingerprint density at radius 2 is 1.71 bits per heavy atom. The zero-order chi connectivity index (χ0) is 10.6. The summed E-state index contributed by atoms with van der Waals surface area (Å²) in [4.78, 5) is 10.00. The molecule has 0 aliphatic heterocycles. The van der Waals surface area contributed by atoms with Crippen LogP contribution in [0.5, 0.6) is 0 Å². The first-order valence-electron chi connectivity index (χ1n) is 5.32. The summed E-state index contributed by atoms with van der Waals surface area (Å²) in [5, 5.41) is 0. The van der Waals surface area contributed by atoms with Gasteiger partial charge in [-0.15, -0.1) is 0 Å². The first-order valence-corrected chi connectivity index (χ1v) is 5.32. The Hall–Kier alpha value is -1.11. The maximum Gasteiger partial charge on any atom is 0.120 e. The van der Waals surface area contributed by atoms with Crippen molar-refractivity contribution in [1.29, 1.82) is 0 Å². The zero-order valence-electron chi connectivity index (χ0n) is 9.20. The zero-order valence-corrected chi connectivity index (χ0v) is 9.20. The molecule has 0 fully saturated rings. The van der Waals surface area contributed by atoms with Crippen molar-refractivity contribution in [3.8, 4) is 0 Å². The maximum absolute atomic E-state index is 10.00. The molecule has 0 aromatic heterocycles. The molecule has 14 heavy (non-hydrogen) atoms. The van der Waals surface area contributed by atoms with Crippen LogP contribution in [0.3, 0.4) is 0 Å². The maximum atomic E-state index is 10.00. The summed E-state index contributed by atoms with van der Waals surface area (Å²) in [5.74, 6) is 0. The normalized spacial score (nSPS) is 8.71. The van der Waals surface area contributed by atoms with E-state index in [0.717, 1.165) is 19.1 Å². The minimum atomic E-state index is 0.675. The van der Waals surface area contributed by atoms with Crippen molar-refractivity contribution in [3.63, 3.8) is 0 Å². The largest absolute Gasteiger partial charge is 0.303 e. The number of benzene rings is 1. The van der Waals surface area contributed by atoms with Gasteiger partial charge < -0.3 is 4.79 Å². The molecule has 0 saturated carbocycles. The van der Waals surface area contributed by atoms with Gasteiger partial charge in [0.1, 0.15) is 6.29 Å². The molecule has 0 atom stereocenters. The molecule has 0 saturated heterocycles. The van der Waals surface area contributed by atoms with E-state index in [0.29, 0.717) is 6.42 Å². The van der Waals surface area contributed by atoms with E-state index < -0.39 is 0 Å². The molecule has 0 spiro atoms. The number of hydrogen-bond donors (Lipinski definition) is 0. The van der Waals surface area contributed by atoms with Crippen molar-refractivity contribution in [3.05, 3.63) is 35.9 Å². The first-order chi connectivity index (χ1) is 6.85. The van der Waals surface area contributed by atoms with Crippen LogP contribution in [0.2, 0.25) is 0 Å². The predicted molar refractivity (Wildman–Crippen MR) is 61.4 cm³/mol. The van der Waals surface area contributed by atoms with Crippen LogP contribution in [-0.4, -0.2) is 6.29 Å². The van der Waals surface area contributed by atoms with E-state index in [1.165, 1.54) is 12.0 Å². The monoisotopic (exact) mass is 192 g/mol. The van der Waals surface area contributed by atoms with Crippen LogP contribution < -0.4 is 0 Å². The Kier molecular flexibility index (Phi) is 9.18. The fourth-order valence-corrected chi connectivity index (χ4v) is 1.03. The number of carbonyl (C=O) groups excluding carboxylic acids is 1. The Morgan fingerprint density at radius 1 is 1.14 bits per heavy atom. The van der Waals surface area contributed by atoms with E-state index in [-0.39, 0.29) is 0 Å². The standard InChI is InChI=1S/C10H12O.C3H8/c11-9-5-4-8-10-6-2-1-3-7-10;1-3-2/h1-3,6-7,9H,4-5,8H2;3H2,1-2H3. The number of aryl methyl sites for hydroxylation is 1. The lowest BCUT2D eigenvalue weighted by Crippen LogP contribution is -1.84. The fourth-order valence-electron chi connectivity index (χ4n) is 1.03. The van der Waals surface area contributed by atoms with Gasteiger partial charge in [-0.25, -0.2) is 0 Å². The average Bonchev–Trinajstić information content (AvgIpc) is 2.21. The van der Waals surface area contributed by atoms with Crippen LogP contribution in [0.15, 0.2) is 30.3 Å². The summed E-state index contributed by atoms with van der Waals surface area (Å²) in [6.07, 6.45) is 4.88. The van der Waals surface area contributed by atoms with Gasteiger partial charge in [0.2, 0.25) is 0 Å². The van der Waals surface area contributed by atoms with Gasteiger partial charge in [0.25, 0.3) is 0 Å². The third-order valence-electron chi connectivity index (χ3n) is 1.63. The van der Waals surface area contributed by atoms with Crippen molar-refractivity contribution in [2.24, 2.45) is 0 Å². The molecule has 78 valence electrons. The second-order valence-corrected chi connectivity index (χ2v) is 3.25. The van der Waals surface area contributed by atoms with Gasteiger partial charge in [0, 0.05) is 6.42 Å². The molecule has 1 heteroatoms. The van der Waals surface area contributed by atoms with E-state index in [9.17, 15) is 4.79 Å². The van der Waals surface area contributed by atoms with Gasteiger partial charge in [0.05, 0.1) is 0 Å². The van der Waals surface area contributed by atoms with Gasteiger partial charge in [-0.3, -0.25) is 0 Å². The van der Waals surface area contributed by atoms with Crippen molar-refractivity contribution >= 4 is 6.29 Å². The molecule has 0 aliphatic carbocycles. The summed E-state index contributed by atoms with van der Waals surface area (Å²) in [6.45, 7) is 4.25. The van der Waals surface area contributed by atoms with E-state index in [4.69, 9.17) is 0 Å². The van der Waals surface area contributed by atoms with Crippen LogP contribution in [0.25, 0.3) is 0 Å². The van der Waals surface area contributed by atoms with Gasteiger partial charge in [-0.1, -0.05) is 50.6 Å². The smallest absolute Gasteiger partial charge is 0.120 e. The molecule has 0 N–H and O–H groups in total. The van der Waals surface area contributed by atoms with E-state index in [2.05, 4.69) is 26.0 Å². The Labute approximate surface area is 87.2 Å². The molecule has 1 nitrogen and oxygen atoms in total. The molecule has 1 rings (SSSR count). The second-order valence-electron chi connectivity index (χ2n) is 3.25. The van der Waals surface area contributed by atoms with Crippen LogP contribution in [0, 0.1) is 0 Å². The summed E-state index contributed by atoms with van der Waals surface area (Å²) in [5.41, 5.74) is 1.31. The number of rotatable bonds is 4. The highest BCUT2D eigenvalue weighted by Crippen LogP contribution is 2.02. The summed E-state index contributed by atoms with van der Waals surface area (Å²) in [7, 11) is 0. The Morgan fingerprint density at radius 3 is 2.21 bits per heavy atom. The van der Waals surface area contributed by atoms with Crippen molar-refractivity contribution in [2.45, 2.75) is 39.5 Å². The first kappa shape index (κ1) is 12.9. The molecule has 0 radical (unpaired) electrons. The Balaban J connectivity index is 0.000000500. The second kappa shape index (κ2) is 9.97. The molecule has 1 aromatic rings. The highest BCUT2D eigenvalue weighted by molar-refractivity contribution is 5.49. The van der Waals surface area contributed by atoms with Gasteiger partial charge >= 0.3 is 0 Å². The quantitative estimate of drug-likeness (QED) is 0.526. The molecular weight excluding hydrogens is 172 g/mol. The molecule has 0 unspecified atom stereocenters. The Bertz CT molecular complexity index is 216. The third kappa shape index (κ3) is 7.53. The SMILES string of the molecule is CCC.O=CCCCc1ccccc1. The molecule has 0 heterocycles. The number of hydrogen-bond acceptors (Lipinski definition) is 1. The van der Waals surface area contributed by atoms with E-state index in [1.54, 1.807) is 0 Å². The van der Waals surface area contributed by atoms with Crippen molar-refractivity contribution in [2.75, 3.05) is 0 Å². The fraction of sp³-hybridized carbons (Fsp3) is 0.462. The van der Waals surface area contributed by atoms with Crippen LogP contribution in [0.1, 0.15) is 38.7 Å². The minimum absolute atomic E-state index is 0.675. The van der Waals surface area contributed by atoms with Gasteiger partial charge in [0.15, 0.2) is 0 Å². The lowest BCUT2D eigenvalue weighted by atomic mass is 10.1. The lowest BCUT2D eigenvalue weighted by molar-refractivity contribution is -0.107. The molecular formula is C13H20O. The molecule has 0 bridgehead atoms. The average molecular weight is 192 g/mol. The topological polar surface area (TPSA) is 17.1 Å². The highest BCUT2D eigenvalue weighted by atomic mass is 16.1. The van der Waals surface area contributed by atoms with Crippen LogP contribution in [-0.2, 0) is 11.2 Å². The summed E-state index contributed by atoms with van der Waals surface area (Å²) in [6, 6.07) is 10.2. The number of carbonyl (C=O) groups is 1. The van der Waals surface area contributed by atoms with Gasteiger partial charge in [-0.05, 0) is 18.4 Å². The van der Waals surface area contributed by atoms with Crippen molar-refractivity contribution in [1.82, 2.24) is 0 Å². The molecule has 0 amide bonds. The van der Waals surface area contributed by atoms with E-state index in [1.807, 2.05) is 18.2 Å². The molecule has 1 aromatic carbocycles. The summed E-state index contributed by atoms with van der Waals surface area (Å²) >= 11 is 0. The number of aldehydes is 1. The van der Waals surface area contributed by atoms with Gasteiger partial charge in [-0.2, -0.15) is 0 Å². The van der Waals surface area contributed by atoms with E-state index >= 15 is 0 Å². The van der Waals surface area contributed by atoms with Crippen LogP contribution in [0.4, 0.5) is 0 Å². The lowest BCUT2D eigenvalue weighted by Gasteiger charge is -1.96. The van der Waals surface area contributed by atoms with Crippen molar-refractivity contribution < 1.29 is 4.79 Å². The minimum Gasteiger partial charge on any atom is -0.303 e. The highest BCUT2D eigenvalue weighted by Gasteiger charge is 1.89. The molecule has 0 aliphatic rings. The third-order valence-corrected chi connectivity index (χ3v) is 1.63.